The molecule has 1 aliphatic carbocycles. The van der Waals surface area contributed by atoms with E-state index >= 15 is 0 Å². The van der Waals surface area contributed by atoms with Crippen LogP contribution in [0.25, 0.3) is 11.1 Å². The van der Waals surface area contributed by atoms with Gasteiger partial charge < -0.3 is 14.6 Å². The lowest BCUT2D eigenvalue weighted by Gasteiger charge is -2.31. The van der Waals surface area contributed by atoms with Crippen LogP contribution in [0.4, 0.5) is 0 Å². The van der Waals surface area contributed by atoms with E-state index in [1.807, 2.05) is 60.7 Å². The predicted octanol–water partition coefficient (Wildman–Crippen LogP) is 6.72. The number of hydrogen-bond acceptors (Lipinski definition) is 8. The van der Waals surface area contributed by atoms with E-state index in [2.05, 4.69) is 38.9 Å². The molecule has 1 amide bonds. The summed E-state index contributed by atoms with van der Waals surface area (Å²) >= 11 is 3.50. The largest absolute Gasteiger partial charge is 0.494 e. The van der Waals surface area contributed by atoms with Gasteiger partial charge in [-0.3, -0.25) is 10.2 Å². The quantitative estimate of drug-likeness (QED) is 0.0898. The number of hydrogen-bond donors (Lipinski definition) is 3. The highest BCUT2D eigenvalue weighted by Gasteiger charge is 2.54. The normalized spacial score (nSPS) is 18.0. The van der Waals surface area contributed by atoms with Crippen molar-refractivity contribution in [2.75, 3.05) is 19.0 Å². The molecule has 51 heavy (non-hydrogen) atoms. The minimum absolute atomic E-state index is 0.0267. The monoisotopic (exact) mass is 765 g/mol. The first-order valence-electron chi connectivity index (χ1n) is 16.7. The van der Waals surface area contributed by atoms with Gasteiger partial charge in [0.15, 0.2) is 21.5 Å². The highest BCUT2D eigenvalue weighted by atomic mass is 79.9. The smallest absolute Gasteiger partial charge is 0.266 e. The van der Waals surface area contributed by atoms with Gasteiger partial charge in [0.05, 0.1) is 23.3 Å². The number of aliphatic hydroxyl groups excluding tert-OH is 1. The van der Waals surface area contributed by atoms with E-state index in [1.54, 1.807) is 54.6 Å². The third-order valence-corrected chi connectivity index (χ3v) is 11.5. The van der Waals surface area contributed by atoms with Crippen LogP contribution in [-0.2, 0) is 19.4 Å². The molecule has 1 heterocycles. The summed E-state index contributed by atoms with van der Waals surface area (Å²) in [6.45, 7) is 0.389. The molecule has 0 fully saturated rings. The minimum Gasteiger partial charge on any atom is -0.494 e. The number of fused-ring (bicyclic) bond motifs is 3. The Bertz CT molecular complexity index is 2120. The molecule has 2 aliphatic rings. The number of sulfone groups is 1. The average molecular weight is 767 g/mol. The molecule has 0 aromatic heterocycles. The molecule has 0 bridgehead atoms. The molecule has 5 aromatic carbocycles. The van der Waals surface area contributed by atoms with Gasteiger partial charge >= 0.3 is 0 Å². The zero-order valence-electron chi connectivity index (χ0n) is 27.5. The van der Waals surface area contributed by atoms with Crippen LogP contribution in [-0.4, -0.2) is 49.8 Å². The number of carbonyl (C=O) groups excluding carboxylic acids is 1. The molecule has 5 aromatic rings. The lowest BCUT2D eigenvalue weighted by Crippen LogP contribution is -2.54. The van der Waals surface area contributed by atoms with Gasteiger partial charge in [-0.2, -0.15) is 0 Å². The summed E-state index contributed by atoms with van der Waals surface area (Å²) in [6.07, 6.45) is -0.624. The van der Waals surface area contributed by atoms with Gasteiger partial charge in [0.1, 0.15) is 5.75 Å². The molecule has 7 rings (SSSR count). The van der Waals surface area contributed by atoms with Crippen molar-refractivity contribution in [1.82, 2.24) is 10.9 Å². The second kappa shape index (κ2) is 14.8. The van der Waals surface area contributed by atoms with Crippen molar-refractivity contribution < 1.29 is 27.8 Å². The third-order valence-electron chi connectivity index (χ3n) is 9.22. The van der Waals surface area contributed by atoms with Crippen LogP contribution in [0, 0.1) is 0 Å². The van der Waals surface area contributed by atoms with Gasteiger partial charge in [-0.05, 0) is 76.3 Å². The summed E-state index contributed by atoms with van der Waals surface area (Å²) in [5.74, 6) is -0.0765. The summed E-state index contributed by atoms with van der Waals surface area (Å²) in [7, 11) is -3.81. The molecule has 0 saturated carbocycles. The number of halogens is 1. The van der Waals surface area contributed by atoms with Crippen LogP contribution in [0.15, 0.2) is 142 Å². The number of carbonyl (C=O) groups is 1. The van der Waals surface area contributed by atoms with Crippen LogP contribution in [0.1, 0.15) is 47.2 Å². The Morgan fingerprint density at radius 3 is 2.12 bits per heavy atom. The Morgan fingerprint density at radius 2 is 1.47 bits per heavy atom. The number of nitrogens with zero attached hydrogens (tertiary/aromatic N) is 1. The first-order valence-corrected chi connectivity index (χ1v) is 19.1. The lowest BCUT2D eigenvalue weighted by molar-refractivity contribution is -0.130. The zero-order valence-corrected chi connectivity index (χ0v) is 29.9. The second-order valence-electron chi connectivity index (χ2n) is 12.4. The second-order valence-corrected chi connectivity index (χ2v) is 15.5. The Kier molecular flexibility index (Phi) is 10.1. The lowest BCUT2D eigenvalue weighted by atomic mass is 9.85. The van der Waals surface area contributed by atoms with Gasteiger partial charge in [0, 0.05) is 29.5 Å². The van der Waals surface area contributed by atoms with Crippen LogP contribution >= 0.6 is 15.9 Å². The van der Waals surface area contributed by atoms with Crippen molar-refractivity contribution in [1.29, 1.82) is 0 Å². The van der Waals surface area contributed by atoms with Crippen LogP contribution in [0.3, 0.4) is 0 Å². The fourth-order valence-corrected chi connectivity index (χ4v) is 8.25. The van der Waals surface area contributed by atoms with Gasteiger partial charge in [-0.15, -0.1) is 0 Å². The molecule has 0 spiro atoms. The molecule has 0 radical (unpaired) electrons. The topological polar surface area (TPSA) is 126 Å². The van der Waals surface area contributed by atoms with E-state index < -0.39 is 27.4 Å². The number of nitrogens with one attached hydrogen (secondary N) is 2. The Balaban J connectivity index is 1.27. The van der Waals surface area contributed by atoms with Gasteiger partial charge in [-0.1, -0.05) is 94.8 Å². The number of benzene rings is 5. The molecular weight excluding hydrogens is 730 g/mol. The van der Waals surface area contributed by atoms with E-state index in [4.69, 9.17) is 19.6 Å². The number of hydrazine groups is 1. The van der Waals surface area contributed by atoms with E-state index in [9.17, 15) is 13.2 Å². The third kappa shape index (κ3) is 7.07. The zero-order chi connectivity index (χ0) is 35.4. The maximum atomic E-state index is 14.8. The van der Waals surface area contributed by atoms with Crippen molar-refractivity contribution in [3.8, 4) is 16.9 Å². The number of ether oxygens (including phenoxy) is 2. The Morgan fingerprint density at radius 1 is 0.843 bits per heavy atom. The average Bonchev–Trinajstić information content (AvgIpc) is 3.71. The molecule has 9 nitrogen and oxygen atoms in total. The van der Waals surface area contributed by atoms with E-state index in [1.165, 1.54) is 0 Å². The maximum Gasteiger partial charge on any atom is 0.266 e. The van der Waals surface area contributed by atoms with Gasteiger partial charge in [0.25, 0.3) is 5.91 Å². The molecule has 11 heteroatoms. The van der Waals surface area contributed by atoms with Crippen molar-refractivity contribution in [2.24, 2.45) is 4.99 Å². The molecule has 0 saturated heterocycles. The standard InChI is InChI=1S/C40H36BrN3O6S/c41-29-19-15-27(16-20-29)37-40(23-26-51(47,48)31-9-2-1-3-10-31,42-38(50-37)28-17-21-30(22-18-28)49-25-8-24-45)39(46)44-43-36-34-13-6-4-11-32(34)33-12-5-7-14-35(33)36/h1-7,9-22,36-37,43,45H,8,23-26H2,(H,44,46)/t37-,40-/m0/s1. The minimum atomic E-state index is -3.81. The summed E-state index contributed by atoms with van der Waals surface area (Å²) < 4.78 is 40.5. The van der Waals surface area contributed by atoms with Gasteiger partial charge in [-0.25, -0.2) is 18.8 Å². The first-order chi connectivity index (χ1) is 24.8. The molecule has 260 valence electrons. The highest BCUT2D eigenvalue weighted by molar-refractivity contribution is 9.10. The molecule has 2 atom stereocenters. The van der Waals surface area contributed by atoms with E-state index in [0.717, 1.165) is 26.7 Å². The fraction of sp³-hybridized carbons (Fsp3) is 0.200. The SMILES string of the molecule is O=C(NNC1c2ccccc2-c2ccccc21)[C@@]1(CCS(=O)(=O)c2ccccc2)N=C(c2ccc(OCCCO)cc2)O[C@H]1c1ccc(Br)cc1. The van der Waals surface area contributed by atoms with Crippen LogP contribution in [0.5, 0.6) is 5.75 Å². The highest BCUT2D eigenvalue weighted by Crippen LogP contribution is 2.45. The van der Waals surface area contributed by atoms with Crippen LogP contribution in [0.2, 0.25) is 0 Å². The predicted molar refractivity (Wildman–Crippen MR) is 199 cm³/mol. The number of rotatable bonds is 13. The summed E-state index contributed by atoms with van der Waals surface area (Å²) in [4.78, 5) is 20.0. The van der Waals surface area contributed by atoms with E-state index in [0.29, 0.717) is 29.9 Å². The number of aliphatic imine (C=N–C) groups is 1. The van der Waals surface area contributed by atoms with E-state index in [-0.39, 0.29) is 35.6 Å². The molecule has 0 unspecified atom stereocenters. The summed E-state index contributed by atoms with van der Waals surface area (Å²) in [6, 6.07) is 38.4. The maximum absolute atomic E-state index is 14.8. The molecular formula is C40H36BrN3O6S. The Hall–Kier alpha value is -4.81. The summed E-state index contributed by atoms with van der Waals surface area (Å²) in [5, 5.41) is 9.12. The first kappa shape index (κ1) is 34.6. The van der Waals surface area contributed by atoms with Gasteiger partial charge in [0.2, 0.25) is 5.90 Å². The molecule has 1 aliphatic heterocycles. The number of amides is 1. The Labute approximate surface area is 305 Å². The van der Waals surface area contributed by atoms with Crippen molar-refractivity contribution in [3.63, 3.8) is 0 Å². The molecule has 3 N–H and O–H groups in total. The summed E-state index contributed by atoms with van der Waals surface area (Å²) in [5.41, 5.74) is 9.98. The van der Waals surface area contributed by atoms with Crippen molar-refractivity contribution >= 4 is 37.6 Å². The van der Waals surface area contributed by atoms with Crippen molar-refractivity contribution in [2.45, 2.75) is 35.4 Å². The fourth-order valence-electron chi connectivity index (χ4n) is 6.60. The number of aliphatic hydroxyl groups is 1. The van der Waals surface area contributed by atoms with Crippen LogP contribution < -0.4 is 15.6 Å². The van der Waals surface area contributed by atoms with Crippen molar-refractivity contribution in [3.05, 3.63) is 154 Å².